The minimum absolute atomic E-state index is 0.244. The van der Waals surface area contributed by atoms with E-state index in [9.17, 15) is 9.59 Å². The molecule has 142 valence electrons. The molecule has 3 aromatic rings. The highest BCUT2D eigenvalue weighted by Crippen LogP contribution is 2.33. The fourth-order valence-electron chi connectivity index (χ4n) is 2.43. The highest BCUT2D eigenvalue weighted by Gasteiger charge is 2.20. The number of ether oxygens (including phenoxy) is 1. The molecule has 0 aliphatic carbocycles. The first-order valence-corrected chi connectivity index (χ1v) is 9.06. The van der Waals surface area contributed by atoms with Crippen LogP contribution < -0.4 is 15.5 Å². The third-order valence-corrected chi connectivity index (χ3v) is 4.83. The first-order chi connectivity index (χ1) is 13.6. The van der Waals surface area contributed by atoms with E-state index >= 15 is 0 Å². The SMILES string of the molecule is COc1nc(-c2ccccc2)sc1C(=O)Nc1ccccc1/C=C/C(=O)NO. The van der Waals surface area contributed by atoms with Gasteiger partial charge in [0.15, 0.2) is 4.88 Å². The highest BCUT2D eigenvalue weighted by atomic mass is 32.1. The Morgan fingerprint density at radius 3 is 2.54 bits per heavy atom. The number of hydrogen-bond acceptors (Lipinski definition) is 6. The van der Waals surface area contributed by atoms with E-state index in [0.717, 1.165) is 11.6 Å². The van der Waals surface area contributed by atoms with Crippen LogP contribution in [0.1, 0.15) is 15.2 Å². The van der Waals surface area contributed by atoms with E-state index in [1.165, 1.54) is 30.0 Å². The lowest BCUT2D eigenvalue weighted by Gasteiger charge is -2.08. The summed E-state index contributed by atoms with van der Waals surface area (Å²) in [6, 6.07) is 16.5. The lowest BCUT2D eigenvalue weighted by atomic mass is 10.1. The maximum absolute atomic E-state index is 12.8. The van der Waals surface area contributed by atoms with Crippen LogP contribution in [0.3, 0.4) is 0 Å². The molecule has 1 heterocycles. The smallest absolute Gasteiger partial charge is 0.271 e. The molecule has 0 aliphatic heterocycles. The van der Waals surface area contributed by atoms with Gasteiger partial charge in [-0.2, -0.15) is 0 Å². The quantitative estimate of drug-likeness (QED) is 0.336. The van der Waals surface area contributed by atoms with Gasteiger partial charge in [0.05, 0.1) is 7.11 Å². The highest BCUT2D eigenvalue weighted by molar-refractivity contribution is 7.17. The molecule has 2 aromatic carbocycles. The lowest BCUT2D eigenvalue weighted by molar-refractivity contribution is -0.124. The Kier molecular flexibility index (Phi) is 6.15. The summed E-state index contributed by atoms with van der Waals surface area (Å²) >= 11 is 1.23. The van der Waals surface area contributed by atoms with Crippen molar-refractivity contribution in [2.24, 2.45) is 0 Å². The number of methoxy groups -OCH3 is 1. The van der Waals surface area contributed by atoms with Gasteiger partial charge in [-0.15, -0.1) is 11.3 Å². The molecule has 0 spiro atoms. The number of thiazole rings is 1. The number of benzene rings is 2. The molecule has 7 nitrogen and oxygen atoms in total. The fourth-order valence-corrected chi connectivity index (χ4v) is 3.37. The van der Waals surface area contributed by atoms with Crippen LogP contribution in [-0.2, 0) is 4.79 Å². The van der Waals surface area contributed by atoms with E-state index in [1.807, 2.05) is 30.3 Å². The molecular weight excluding hydrogens is 378 g/mol. The van der Waals surface area contributed by atoms with E-state index < -0.39 is 5.91 Å². The number of hydrogen-bond donors (Lipinski definition) is 3. The molecule has 1 aromatic heterocycles. The average molecular weight is 395 g/mol. The van der Waals surface area contributed by atoms with E-state index in [1.54, 1.807) is 24.3 Å². The molecule has 8 heteroatoms. The van der Waals surface area contributed by atoms with Crippen molar-refractivity contribution in [1.29, 1.82) is 0 Å². The first kappa shape index (κ1) is 19.3. The molecule has 28 heavy (non-hydrogen) atoms. The third kappa shape index (κ3) is 4.43. The molecule has 0 bridgehead atoms. The van der Waals surface area contributed by atoms with E-state index in [4.69, 9.17) is 9.94 Å². The van der Waals surface area contributed by atoms with Crippen LogP contribution in [0.15, 0.2) is 60.7 Å². The number of carbonyl (C=O) groups is 2. The summed E-state index contributed by atoms with van der Waals surface area (Å²) in [6.45, 7) is 0. The van der Waals surface area contributed by atoms with Gasteiger partial charge in [0.25, 0.3) is 11.8 Å². The molecule has 0 fully saturated rings. The second-order valence-electron chi connectivity index (χ2n) is 5.57. The average Bonchev–Trinajstić information content (AvgIpc) is 3.18. The van der Waals surface area contributed by atoms with Gasteiger partial charge in [-0.1, -0.05) is 48.5 Å². The zero-order chi connectivity index (χ0) is 19.9. The number of anilines is 1. The number of para-hydroxylation sites is 1. The second-order valence-corrected chi connectivity index (χ2v) is 6.57. The largest absolute Gasteiger partial charge is 0.480 e. The molecule has 0 atom stereocenters. The molecule has 0 radical (unpaired) electrons. The topological polar surface area (TPSA) is 101 Å². The Hall–Kier alpha value is -3.49. The molecule has 2 amide bonds. The van der Waals surface area contributed by atoms with Crippen molar-refractivity contribution in [2.75, 3.05) is 12.4 Å². The molecule has 0 aliphatic rings. The Balaban J connectivity index is 1.87. The first-order valence-electron chi connectivity index (χ1n) is 8.25. The van der Waals surface area contributed by atoms with E-state index in [2.05, 4.69) is 10.3 Å². The molecular formula is C20H17N3O4S. The van der Waals surface area contributed by atoms with Crippen LogP contribution in [0.2, 0.25) is 0 Å². The van der Waals surface area contributed by atoms with Crippen LogP contribution in [0.25, 0.3) is 16.6 Å². The van der Waals surface area contributed by atoms with E-state index in [-0.39, 0.29) is 11.8 Å². The van der Waals surface area contributed by atoms with Crippen molar-refractivity contribution in [1.82, 2.24) is 10.5 Å². The van der Waals surface area contributed by atoms with Gasteiger partial charge in [0.2, 0.25) is 5.88 Å². The number of aromatic nitrogens is 1. The van der Waals surface area contributed by atoms with Gasteiger partial charge in [-0.3, -0.25) is 14.8 Å². The maximum Gasteiger partial charge on any atom is 0.271 e. The maximum atomic E-state index is 12.8. The van der Waals surface area contributed by atoms with Crippen LogP contribution in [-0.4, -0.2) is 29.1 Å². The molecule has 3 N–H and O–H groups in total. The van der Waals surface area contributed by atoms with Crippen molar-refractivity contribution in [3.63, 3.8) is 0 Å². The second kappa shape index (κ2) is 8.94. The predicted molar refractivity (Wildman–Crippen MR) is 107 cm³/mol. The summed E-state index contributed by atoms with van der Waals surface area (Å²) < 4.78 is 5.27. The van der Waals surface area contributed by atoms with Crippen molar-refractivity contribution in [2.45, 2.75) is 0 Å². The lowest BCUT2D eigenvalue weighted by Crippen LogP contribution is -2.15. The van der Waals surface area contributed by atoms with Crippen LogP contribution in [0.4, 0.5) is 5.69 Å². The van der Waals surface area contributed by atoms with Crippen LogP contribution in [0.5, 0.6) is 5.88 Å². The summed E-state index contributed by atoms with van der Waals surface area (Å²) in [5.74, 6) is -0.796. The monoisotopic (exact) mass is 395 g/mol. The van der Waals surface area contributed by atoms with Gasteiger partial charge < -0.3 is 10.1 Å². The van der Waals surface area contributed by atoms with Crippen molar-refractivity contribution in [3.8, 4) is 16.5 Å². The summed E-state index contributed by atoms with van der Waals surface area (Å²) in [5.41, 5.74) is 3.52. The van der Waals surface area contributed by atoms with Gasteiger partial charge in [0, 0.05) is 17.3 Å². The normalized spacial score (nSPS) is 10.6. The zero-order valence-electron chi connectivity index (χ0n) is 14.9. The number of rotatable bonds is 6. The number of hydroxylamine groups is 1. The Bertz CT molecular complexity index is 1020. The summed E-state index contributed by atoms with van der Waals surface area (Å²) in [4.78, 5) is 28.8. The Morgan fingerprint density at radius 1 is 1.11 bits per heavy atom. The van der Waals surface area contributed by atoms with Gasteiger partial charge >= 0.3 is 0 Å². The minimum atomic E-state index is -0.669. The number of carbonyl (C=O) groups excluding carboxylic acids is 2. The van der Waals surface area contributed by atoms with Gasteiger partial charge in [-0.05, 0) is 17.7 Å². The van der Waals surface area contributed by atoms with Crippen LogP contribution >= 0.6 is 11.3 Å². The minimum Gasteiger partial charge on any atom is -0.480 e. The number of amides is 2. The van der Waals surface area contributed by atoms with Gasteiger partial charge in [-0.25, -0.2) is 10.5 Å². The summed E-state index contributed by atoms with van der Waals surface area (Å²) in [5, 5.41) is 12.1. The molecule has 3 rings (SSSR count). The predicted octanol–water partition coefficient (Wildman–Crippen LogP) is 3.59. The summed E-state index contributed by atoms with van der Waals surface area (Å²) in [6.07, 6.45) is 2.65. The van der Waals surface area contributed by atoms with E-state index in [0.29, 0.717) is 21.1 Å². The Labute approximate surface area is 165 Å². The molecule has 0 saturated carbocycles. The zero-order valence-corrected chi connectivity index (χ0v) is 15.7. The fraction of sp³-hybridized carbons (Fsp3) is 0.0500. The van der Waals surface area contributed by atoms with Crippen molar-refractivity contribution < 1.29 is 19.5 Å². The van der Waals surface area contributed by atoms with Crippen LogP contribution in [0, 0.1) is 0 Å². The van der Waals surface area contributed by atoms with Crippen molar-refractivity contribution in [3.05, 3.63) is 71.1 Å². The standard InChI is InChI=1S/C20H17N3O4S/c1-27-19-17(28-20(22-19)14-8-3-2-4-9-14)18(25)21-15-10-6-5-7-13(15)11-12-16(24)23-26/h2-12,26H,1H3,(H,21,25)(H,23,24)/b12-11+. The number of nitrogens with one attached hydrogen (secondary N) is 2. The third-order valence-electron chi connectivity index (χ3n) is 3.75. The number of nitrogens with zero attached hydrogens (tertiary/aromatic N) is 1. The van der Waals surface area contributed by atoms with Gasteiger partial charge in [0.1, 0.15) is 5.01 Å². The molecule has 0 unspecified atom stereocenters. The Morgan fingerprint density at radius 2 is 1.82 bits per heavy atom. The summed E-state index contributed by atoms with van der Waals surface area (Å²) in [7, 11) is 1.46. The molecule has 0 saturated heterocycles. The van der Waals surface area contributed by atoms with Crippen molar-refractivity contribution >= 4 is 34.9 Å².